The van der Waals surface area contributed by atoms with Crippen LogP contribution in [0.15, 0.2) is 18.2 Å². The lowest BCUT2D eigenvalue weighted by molar-refractivity contribution is 0.0943. The number of rotatable bonds is 11. The molecule has 0 saturated carbocycles. The first-order valence-corrected chi connectivity index (χ1v) is 7.65. The molecule has 1 rings (SSSR count). The summed E-state index contributed by atoms with van der Waals surface area (Å²) in [6, 6.07) is 5.78. The first-order chi connectivity index (χ1) is 10.6. The van der Waals surface area contributed by atoms with E-state index in [2.05, 4.69) is 4.90 Å². The molecule has 126 valence electrons. The monoisotopic (exact) mass is 311 g/mol. The fraction of sp³-hybridized carbons (Fsp3) is 0.647. The van der Waals surface area contributed by atoms with Crippen molar-refractivity contribution in [1.29, 1.82) is 0 Å². The summed E-state index contributed by atoms with van der Waals surface area (Å²) >= 11 is 0. The van der Waals surface area contributed by atoms with Gasteiger partial charge in [-0.2, -0.15) is 0 Å². The van der Waals surface area contributed by atoms with Gasteiger partial charge in [-0.3, -0.25) is 4.90 Å². The number of nitrogens with zero attached hydrogens (tertiary/aromatic N) is 1. The summed E-state index contributed by atoms with van der Waals surface area (Å²) in [5.74, 6) is 0.815. The molecule has 0 aliphatic carbocycles. The fourth-order valence-electron chi connectivity index (χ4n) is 2.39. The summed E-state index contributed by atoms with van der Waals surface area (Å²) in [6.07, 6.45) is 0.208. The van der Waals surface area contributed by atoms with Crippen molar-refractivity contribution < 1.29 is 19.3 Å². The summed E-state index contributed by atoms with van der Waals surface area (Å²) in [4.78, 5) is 2.25. The molecule has 5 nitrogen and oxygen atoms in total. The maximum atomic E-state index is 10.4. The second-order valence-corrected chi connectivity index (χ2v) is 5.35. The molecule has 22 heavy (non-hydrogen) atoms. The smallest absolute Gasteiger partial charge is 0.119 e. The fourth-order valence-corrected chi connectivity index (χ4v) is 2.39. The molecule has 1 aromatic rings. The topological polar surface area (TPSA) is 51.2 Å². The molecular formula is C17H29NO4. The Balaban J connectivity index is 2.56. The number of hydrogen-bond acceptors (Lipinski definition) is 5. The molecule has 0 radical (unpaired) electrons. The van der Waals surface area contributed by atoms with Crippen LogP contribution >= 0.6 is 0 Å². The lowest BCUT2D eigenvalue weighted by Gasteiger charge is -2.23. The highest BCUT2D eigenvalue weighted by molar-refractivity contribution is 5.35. The first kappa shape index (κ1) is 18.9. The molecule has 1 atom stereocenters. The Morgan fingerprint density at radius 1 is 1.05 bits per heavy atom. The normalized spacial score (nSPS) is 12.6. The standard InChI is InChI=1S/C17H29NO4/c1-14-13-15(22-4)5-6-16(14)17(19)7-8-18(9-11-20-2)10-12-21-3/h5-6,13,17,19H,7-12H2,1-4H3. The molecule has 5 heteroatoms. The van der Waals surface area contributed by atoms with Crippen LogP contribution in [-0.4, -0.2) is 64.2 Å². The Hall–Kier alpha value is -1.14. The summed E-state index contributed by atoms with van der Waals surface area (Å²) in [5, 5.41) is 10.4. The number of aliphatic hydroxyl groups is 1. The maximum absolute atomic E-state index is 10.4. The highest BCUT2D eigenvalue weighted by Crippen LogP contribution is 2.24. The molecule has 1 aromatic carbocycles. The third kappa shape index (κ3) is 6.32. The highest BCUT2D eigenvalue weighted by atomic mass is 16.5. The van der Waals surface area contributed by atoms with Crippen LogP contribution in [0.1, 0.15) is 23.7 Å². The van der Waals surface area contributed by atoms with Crippen LogP contribution in [0.5, 0.6) is 5.75 Å². The Kier molecular flexibility index (Phi) is 9.08. The summed E-state index contributed by atoms with van der Waals surface area (Å²) in [6.45, 7) is 5.85. The van der Waals surface area contributed by atoms with Gasteiger partial charge in [0.15, 0.2) is 0 Å². The second-order valence-electron chi connectivity index (χ2n) is 5.35. The van der Waals surface area contributed by atoms with Crippen molar-refractivity contribution in [2.75, 3.05) is 54.2 Å². The van der Waals surface area contributed by atoms with Gasteiger partial charge in [-0.15, -0.1) is 0 Å². The van der Waals surface area contributed by atoms with Crippen molar-refractivity contribution in [3.63, 3.8) is 0 Å². The largest absolute Gasteiger partial charge is 0.497 e. The predicted octanol–water partition coefficient (Wildman–Crippen LogP) is 2.02. The van der Waals surface area contributed by atoms with Crippen LogP contribution in [0.4, 0.5) is 0 Å². The van der Waals surface area contributed by atoms with Crippen molar-refractivity contribution in [2.24, 2.45) is 0 Å². The lowest BCUT2D eigenvalue weighted by Crippen LogP contribution is -2.32. The average molecular weight is 311 g/mol. The van der Waals surface area contributed by atoms with E-state index in [9.17, 15) is 5.11 Å². The van der Waals surface area contributed by atoms with E-state index in [4.69, 9.17) is 14.2 Å². The number of ether oxygens (including phenoxy) is 3. The molecule has 0 fully saturated rings. The minimum absolute atomic E-state index is 0.474. The zero-order valence-electron chi connectivity index (χ0n) is 14.2. The molecule has 0 aliphatic heterocycles. The zero-order chi connectivity index (χ0) is 16.4. The van der Waals surface area contributed by atoms with E-state index in [1.54, 1.807) is 21.3 Å². The molecule has 1 unspecified atom stereocenters. The van der Waals surface area contributed by atoms with Crippen molar-refractivity contribution in [3.05, 3.63) is 29.3 Å². The van der Waals surface area contributed by atoms with Gasteiger partial charge >= 0.3 is 0 Å². The van der Waals surface area contributed by atoms with Gasteiger partial charge in [0.2, 0.25) is 0 Å². The highest BCUT2D eigenvalue weighted by Gasteiger charge is 2.13. The van der Waals surface area contributed by atoms with E-state index in [0.29, 0.717) is 19.6 Å². The van der Waals surface area contributed by atoms with Crippen molar-refractivity contribution in [1.82, 2.24) is 4.90 Å². The molecule has 0 saturated heterocycles. The van der Waals surface area contributed by atoms with E-state index in [0.717, 1.165) is 36.5 Å². The van der Waals surface area contributed by atoms with Gasteiger partial charge in [-0.25, -0.2) is 0 Å². The van der Waals surface area contributed by atoms with Gasteiger partial charge in [-0.1, -0.05) is 6.07 Å². The molecule has 0 spiro atoms. The lowest BCUT2D eigenvalue weighted by atomic mass is 10.0. The number of aliphatic hydroxyl groups excluding tert-OH is 1. The number of benzene rings is 1. The molecule has 1 N–H and O–H groups in total. The van der Waals surface area contributed by atoms with Crippen LogP contribution in [0.25, 0.3) is 0 Å². The summed E-state index contributed by atoms with van der Waals surface area (Å²) in [5.41, 5.74) is 2.01. The van der Waals surface area contributed by atoms with E-state index in [1.807, 2.05) is 25.1 Å². The number of methoxy groups -OCH3 is 3. The molecule has 0 aliphatic rings. The van der Waals surface area contributed by atoms with Gasteiger partial charge in [0, 0.05) is 33.9 Å². The van der Waals surface area contributed by atoms with Crippen molar-refractivity contribution in [3.8, 4) is 5.75 Å². The van der Waals surface area contributed by atoms with Crippen molar-refractivity contribution >= 4 is 0 Å². The first-order valence-electron chi connectivity index (χ1n) is 7.65. The molecule has 0 aromatic heterocycles. The van der Waals surface area contributed by atoms with Crippen LogP contribution in [0.3, 0.4) is 0 Å². The van der Waals surface area contributed by atoms with E-state index >= 15 is 0 Å². The predicted molar refractivity (Wildman–Crippen MR) is 87.5 cm³/mol. The number of hydrogen-bond donors (Lipinski definition) is 1. The van der Waals surface area contributed by atoms with Crippen LogP contribution in [0, 0.1) is 6.92 Å². The Morgan fingerprint density at radius 2 is 1.68 bits per heavy atom. The minimum Gasteiger partial charge on any atom is -0.497 e. The quantitative estimate of drug-likeness (QED) is 0.677. The Bertz CT molecular complexity index is 417. The van der Waals surface area contributed by atoms with E-state index in [1.165, 1.54) is 0 Å². The zero-order valence-corrected chi connectivity index (χ0v) is 14.2. The summed E-state index contributed by atoms with van der Waals surface area (Å²) < 4.78 is 15.5. The van der Waals surface area contributed by atoms with Gasteiger partial charge in [0.25, 0.3) is 0 Å². The Morgan fingerprint density at radius 3 is 2.18 bits per heavy atom. The SMILES string of the molecule is COCCN(CCOC)CCC(O)c1ccc(OC)cc1C. The Labute approximate surface area is 133 Å². The third-order valence-electron chi connectivity index (χ3n) is 3.78. The van der Waals surface area contributed by atoms with Crippen LogP contribution < -0.4 is 4.74 Å². The summed E-state index contributed by atoms with van der Waals surface area (Å²) in [7, 11) is 5.04. The van der Waals surface area contributed by atoms with Crippen molar-refractivity contribution in [2.45, 2.75) is 19.4 Å². The minimum atomic E-state index is -0.474. The van der Waals surface area contributed by atoms with Gasteiger partial charge < -0.3 is 19.3 Å². The van der Waals surface area contributed by atoms with E-state index < -0.39 is 6.10 Å². The number of aryl methyl sites for hydroxylation is 1. The maximum Gasteiger partial charge on any atom is 0.119 e. The van der Waals surface area contributed by atoms with Gasteiger partial charge in [-0.05, 0) is 36.6 Å². The third-order valence-corrected chi connectivity index (χ3v) is 3.78. The van der Waals surface area contributed by atoms with Crippen LogP contribution in [-0.2, 0) is 9.47 Å². The molecule has 0 amide bonds. The van der Waals surface area contributed by atoms with Gasteiger partial charge in [0.05, 0.1) is 26.4 Å². The second kappa shape index (κ2) is 10.6. The molecule has 0 bridgehead atoms. The molecular weight excluding hydrogens is 282 g/mol. The van der Waals surface area contributed by atoms with Crippen LogP contribution in [0.2, 0.25) is 0 Å². The average Bonchev–Trinajstić information content (AvgIpc) is 2.53. The molecule has 0 heterocycles. The van der Waals surface area contributed by atoms with Gasteiger partial charge in [0.1, 0.15) is 5.75 Å². The van der Waals surface area contributed by atoms with E-state index in [-0.39, 0.29) is 0 Å².